The zero-order valence-electron chi connectivity index (χ0n) is 19.0. The largest absolute Gasteiger partial charge is 0.478 e. The van der Waals surface area contributed by atoms with Crippen molar-refractivity contribution in [3.63, 3.8) is 0 Å². The van der Waals surface area contributed by atoms with E-state index in [2.05, 4.69) is 4.74 Å². The summed E-state index contributed by atoms with van der Waals surface area (Å²) in [6.45, 7) is -1.22. The number of esters is 1. The molecule has 0 radical (unpaired) electrons. The highest BCUT2D eigenvalue weighted by Crippen LogP contribution is 2.38. The SMILES string of the molecule is Cn1c(C(F)(F)F)cc(=O)n(-c2cc(Oc3ccccc3OCC(=O)OCC#N)c([N+](=O)[O-])cc2F)c1=O. The van der Waals surface area contributed by atoms with Crippen molar-refractivity contribution in [1.82, 2.24) is 9.13 Å². The lowest BCUT2D eigenvalue weighted by Crippen LogP contribution is -2.41. The van der Waals surface area contributed by atoms with E-state index in [1.807, 2.05) is 0 Å². The molecule has 0 aliphatic carbocycles. The molecule has 2 aromatic carbocycles. The molecule has 3 rings (SSSR count). The van der Waals surface area contributed by atoms with Crippen molar-refractivity contribution in [2.75, 3.05) is 13.2 Å². The number of benzene rings is 2. The van der Waals surface area contributed by atoms with Crippen molar-refractivity contribution < 1.29 is 41.5 Å². The van der Waals surface area contributed by atoms with Crippen molar-refractivity contribution in [3.8, 4) is 29.0 Å². The van der Waals surface area contributed by atoms with Crippen LogP contribution in [0.4, 0.5) is 23.2 Å². The second-order valence-corrected chi connectivity index (χ2v) is 7.23. The molecule has 3 aromatic rings. The van der Waals surface area contributed by atoms with Crippen LogP contribution in [0.2, 0.25) is 0 Å². The zero-order valence-corrected chi connectivity index (χ0v) is 19.0. The van der Waals surface area contributed by atoms with Crippen molar-refractivity contribution in [1.29, 1.82) is 5.26 Å². The average Bonchev–Trinajstić information content (AvgIpc) is 2.85. The minimum atomic E-state index is -5.07. The van der Waals surface area contributed by atoms with E-state index in [9.17, 15) is 42.1 Å². The monoisotopic (exact) mass is 538 g/mol. The smallest absolute Gasteiger partial charge is 0.431 e. The molecule has 16 heteroatoms. The van der Waals surface area contributed by atoms with E-state index in [0.717, 1.165) is 0 Å². The molecule has 0 saturated heterocycles. The summed E-state index contributed by atoms with van der Waals surface area (Å²) >= 11 is 0. The van der Waals surface area contributed by atoms with Gasteiger partial charge >= 0.3 is 23.5 Å². The summed E-state index contributed by atoms with van der Waals surface area (Å²) in [7, 11) is 0.705. The highest BCUT2D eigenvalue weighted by atomic mass is 19.4. The Hall–Kier alpha value is -5.20. The molecule has 0 unspecified atom stereocenters. The number of aromatic nitrogens is 2. The first-order valence-electron chi connectivity index (χ1n) is 10.2. The number of nitro benzene ring substituents is 1. The summed E-state index contributed by atoms with van der Waals surface area (Å²) in [6, 6.07) is 7.93. The Balaban J connectivity index is 2.10. The van der Waals surface area contributed by atoms with Gasteiger partial charge in [-0.3, -0.25) is 19.5 Å². The Morgan fingerprint density at radius 3 is 2.39 bits per heavy atom. The number of nitriles is 1. The predicted octanol–water partition coefficient (Wildman–Crippen LogP) is 2.84. The van der Waals surface area contributed by atoms with Crippen LogP contribution in [-0.4, -0.2) is 33.2 Å². The summed E-state index contributed by atoms with van der Waals surface area (Å²) in [5, 5.41) is 20.0. The number of rotatable bonds is 8. The first-order chi connectivity index (χ1) is 17.8. The lowest BCUT2D eigenvalue weighted by atomic mass is 10.2. The van der Waals surface area contributed by atoms with E-state index in [1.54, 1.807) is 6.07 Å². The van der Waals surface area contributed by atoms with E-state index < -0.39 is 70.2 Å². The first kappa shape index (κ1) is 27.4. The molecule has 0 spiro atoms. The van der Waals surface area contributed by atoms with Crippen LogP contribution in [0.15, 0.2) is 52.1 Å². The highest BCUT2D eigenvalue weighted by Gasteiger charge is 2.35. The molecule has 1 heterocycles. The molecule has 12 nitrogen and oxygen atoms in total. The number of nitrogens with zero attached hydrogens (tertiary/aromatic N) is 4. The van der Waals surface area contributed by atoms with E-state index in [4.69, 9.17) is 14.7 Å². The Labute approximate surface area is 208 Å². The minimum Gasteiger partial charge on any atom is -0.478 e. The summed E-state index contributed by atoms with van der Waals surface area (Å²) < 4.78 is 69.7. The van der Waals surface area contributed by atoms with E-state index in [0.29, 0.717) is 19.2 Å². The lowest BCUT2D eigenvalue weighted by molar-refractivity contribution is -0.385. The van der Waals surface area contributed by atoms with Gasteiger partial charge in [-0.2, -0.15) is 18.4 Å². The van der Waals surface area contributed by atoms with Gasteiger partial charge in [0.15, 0.2) is 30.5 Å². The van der Waals surface area contributed by atoms with Gasteiger partial charge in [-0.25, -0.2) is 18.5 Å². The van der Waals surface area contributed by atoms with Gasteiger partial charge in [0.25, 0.3) is 5.56 Å². The molecule has 1 aromatic heterocycles. The number of ether oxygens (including phenoxy) is 3. The lowest BCUT2D eigenvalue weighted by Gasteiger charge is -2.16. The molecule has 0 saturated carbocycles. The fraction of sp³-hybridized carbons (Fsp3) is 0.182. The van der Waals surface area contributed by atoms with Crippen molar-refractivity contribution >= 4 is 11.7 Å². The third-order valence-corrected chi connectivity index (χ3v) is 4.79. The molecule has 0 bridgehead atoms. The summed E-state index contributed by atoms with van der Waals surface area (Å²) in [6.07, 6.45) is -5.07. The Kier molecular flexibility index (Phi) is 7.80. The van der Waals surface area contributed by atoms with Gasteiger partial charge in [0.2, 0.25) is 5.75 Å². The summed E-state index contributed by atoms with van der Waals surface area (Å²) in [5.41, 5.74) is -6.63. The normalized spacial score (nSPS) is 10.9. The van der Waals surface area contributed by atoms with Gasteiger partial charge in [0.1, 0.15) is 11.8 Å². The minimum absolute atomic E-state index is 0.0504. The van der Waals surface area contributed by atoms with Crippen LogP contribution in [-0.2, 0) is 22.8 Å². The molecule has 198 valence electrons. The zero-order chi connectivity index (χ0) is 28.2. The second-order valence-electron chi connectivity index (χ2n) is 7.23. The molecule has 0 atom stereocenters. The van der Waals surface area contributed by atoms with Gasteiger partial charge < -0.3 is 14.2 Å². The van der Waals surface area contributed by atoms with Crippen LogP contribution in [0.1, 0.15) is 5.69 Å². The first-order valence-corrected chi connectivity index (χ1v) is 10.2. The maximum absolute atomic E-state index is 14.8. The van der Waals surface area contributed by atoms with Gasteiger partial charge in [-0.05, 0) is 12.1 Å². The number of hydrogen-bond acceptors (Lipinski definition) is 9. The molecule has 38 heavy (non-hydrogen) atoms. The number of hydrogen-bond donors (Lipinski definition) is 0. The Morgan fingerprint density at radius 2 is 1.79 bits per heavy atom. The van der Waals surface area contributed by atoms with Gasteiger partial charge in [-0.1, -0.05) is 12.1 Å². The number of nitro groups is 1. The standard InChI is InChI=1S/C22H14F4N4O8/c1-28-18(22(24,25)26)10-19(31)29(21(28)33)13-9-17(14(30(34)35)8-12(13)23)38-16-5-3-2-4-15(16)37-11-20(32)36-7-6-27/h2-5,8-10H,7,11H2,1H3. The van der Waals surface area contributed by atoms with E-state index in [1.165, 1.54) is 24.3 Å². The third-order valence-electron chi connectivity index (χ3n) is 4.79. The molecular weight excluding hydrogens is 524 g/mol. The molecular formula is C22H14F4N4O8. The number of carbonyl (C=O) groups is 1. The van der Waals surface area contributed by atoms with Gasteiger partial charge in [0, 0.05) is 19.2 Å². The average molecular weight is 538 g/mol. The van der Waals surface area contributed by atoms with Gasteiger partial charge in [0.05, 0.1) is 16.7 Å². The summed E-state index contributed by atoms with van der Waals surface area (Å²) in [5.74, 6) is -3.51. The molecule has 0 amide bonds. The number of para-hydroxylation sites is 2. The highest BCUT2D eigenvalue weighted by molar-refractivity contribution is 5.71. The number of halogens is 4. The van der Waals surface area contributed by atoms with E-state index >= 15 is 0 Å². The van der Waals surface area contributed by atoms with Crippen molar-refractivity contribution in [2.45, 2.75) is 6.18 Å². The maximum Gasteiger partial charge on any atom is 0.431 e. The van der Waals surface area contributed by atoms with Crippen LogP contribution in [0.3, 0.4) is 0 Å². The number of alkyl halides is 3. The Bertz CT molecular complexity index is 1570. The van der Waals surface area contributed by atoms with Crippen LogP contribution in [0.5, 0.6) is 17.2 Å². The molecule has 0 aliphatic heterocycles. The van der Waals surface area contributed by atoms with E-state index in [-0.39, 0.29) is 26.7 Å². The number of carbonyl (C=O) groups excluding carboxylic acids is 1. The van der Waals surface area contributed by atoms with Crippen LogP contribution >= 0.6 is 0 Å². The van der Waals surface area contributed by atoms with Crippen molar-refractivity contribution in [3.05, 3.63) is 84.9 Å². The predicted molar refractivity (Wildman–Crippen MR) is 117 cm³/mol. The molecule has 0 aliphatic rings. The fourth-order valence-corrected chi connectivity index (χ4v) is 3.11. The topological polar surface area (TPSA) is 156 Å². The van der Waals surface area contributed by atoms with Crippen molar-refractivity contribution in [2.24, 2.45) is 7.05 Å². The third kappa shape index (κ3) is 5.78. The second kappa shape index (κ2) is 10.8. The molecule has 0 fully saturated rings. The fourth-order valence-electron chi connectivity index (χ4n) is 3.11. The Morgan fingerprint density at radius 1 is 1.13 bits per heavy atom. The van der Waals surface area contributed by atoms with Crippen LogP contribution in [0, 0.1) is 27.3 Å². The van der Waals surface area contributed by atoms with Gasteiger partial charge in [-0.15, -0.1) is 0 Å². The quantitative estimate of drug-likeness (QED) is 0.182. The van der Waals surface area contributed by atoms with Crippen LogP contribution < -0.4 is 20.7 Å². The molecule has 0 N–H and O–H groups in total. The maximum atomic E-state index is 14.8. The van der Waals surface area contributed by atoms with Crippen LogP contribution in [0.25, 0.3) is 5.69 Å². The summed E-state index contributed by atoms with van der Waals surface area (Å²) in [4.78, 5) is 47.1.